The monoisotopic (exact) mass is 371 g/mol. The second-order valence-electron chi connectivity index (χ2n) is 7.32. The minimum atomic E-state index is -0.383. The molecule has 3 heterocycles. The molecular formula is C22H21N5O. The number of rotatable bonds is 4. The fourth-order valence-corrected chi connectivity index (χ4v) is 3.62. The molecule has 0 saturated carbocycles. The number of aromatic amines is 1. The Hall–Kier alpha value is -3.59. The van der Waals surface area contributed by atoms with Gasteiger partial charge < -0.3 is 10.5 Å². The van der Waals surface area contributed by atoms with E-state index in [1.54, 1.807) is 12.4 Å². The van der Waals surface area contributed by atoms with E-state index in [1.165, 1.54) is 5.56 Å². The van der Waals surface area contributed by atoms with Gasteiger partial charge in [-0.2, -0.15) is 5.26 Å². The molecule has 4 rings (SSSR count). The molecule has 0 bridgehead atoms. The van der Waals surface area contributed by atoms with Crippen LogP contribution in [0.15, 0.2) is 60.2 Å². The van der Waals surface area contributed by atoms with Gasteiger partial charge in [-0.25, -0.2) is 0 Å². The zero-order valence-electron chi connectivity index (χ0n) is 15.8. The number of H-pyrrole nitrogens is 1. The lowest BCUT2D eigenvalue weighted by atomic mass is 9.83. The van der Waals surface area contributed by atoms with Crippen LogP contribution >= 0.6 is 0 Å². The maximum absolute atomic E-state index is 9.72. The number of nitrogens with one attached hydrogen (secondary N) is 1. The molecule has 1 aliphatic heterocycles. The zero-order chi connectivity index (χ0) is 19.7. The number of aromatic nitrogens is 3. The molecule has 1 aromatic carbocycles. The van der Waals surface area contributed by atoms with Gasteiger partial charge in [0, 0.05) is 18.0 Å². The minimum Gasteiger partial charge on any atom is -0.420 e. The molecule has 0 aliphatic carbocycles. The summed E-state index contributed by atoms with van der Waals surface area (Å²) in [6.45, 7) is 4.41. The van der Waals surface area contributed by atoms with Crippen molar-refractivity contribution in [3.05, 3.63) is 76.9 Å². The Morgan fingerprint density at radius 2 is 2.04 bits per heavy atom. The topological polar surface area (TPSA) is 101 Å². The van der Waals surface area contributed by atoms with Crippen molar-refractivity contribution in [1.82, 2.24) is 15.2 Å². The van der Waals surface area contributed by atoms with Crippen LogP contribution < -0.4 is 10.5 Å². The van der Waals surface area contributed by atoms with Crippen molar-refractivity contribution in [1.29, 1.82) is 5.26 Å². The highest BCUT2D eigenvalue weighted by Crippen LogP contribution is 2.45. The lowest BCUT2D eigenvalue weighted by Crippen LogP contribution is -2.21. The van der Waals surface area contributed by atoms with E-state index in [-0.39, 0.29) is 11.8 Å². The van der Waals surface area contributed by atoms with Crippen LogP contribution in [0.4, 0.5) is 0 Å². The summed E-state index contributed by atoms with van der Waals surface area (Å²) < 4.78 is 5.64. The van der Waals surface area contributed by atoms with Crippen molar-refractivity contribution >= 4 is 0 Å². The first-order chi connectivity index (χ1) is 13.6. The number of ether oxygens (including phenoxy) is 1. The molecule has 0 spiro atoms. The van der Waals surface area contributed by atoms with Gasteiger partial charge in [0.1, 0.15) is 11.6 Å². The van der Waals surface area contributed by atoms with E-state index in [0.717, 1.165) is 28.8 Å². The third-order valence-corrected chi connectivity index (χ3v) is 4.84. The Kier molecular flexibility index (Phi) is 4.58. The number of hydrogen-bond acceptors (Lipinski definition) is 5. The quantitative estimate of drug-likeness (QED) is 0.725. The summed E-state index contributed by atoms with van der Waals surface area (Å²) in [7, 11) is 0. The lowest BCUT2D eigenvalue weighted by Gasteiger charge is -2.23. The number of fused-ring (bicyclic) bond motifs is 1. The standard InChI is InChI=1S/C22H21N5O/c1-13(2)10-14-5-7-15(8-6-14)20-19-18(16-4-3-9-25-12-16)17(11-23)21(24)28-22(19)27-26-20/h3-9,12-13,18H,10,24H2,1-2H3,(H,26,27). The number of benzene rings is 1. The highest BCUT2D eigenvalue weighted by molar-refractivity contribution is 5.70. The predicted octanol–water partition coefficient (Wildman–Crippen LogP) is 3.89. The summed E-state index contributed by atoms with van der Waals surface area (Å²) in [5, 5.41) is 17.1. The van der Waals surface area contributed by atoms with Crippen LogP contribution in [0.2, 0.25) is 0 Å². The lowest BCUT2D eigenvalue weighted by molar-refractivity contribution is 0.379. The summed E-state index contributed by atoms with van der Waals surface area (Å²) in [6.07, 6.45) is 4.47. The second kappa shape index (κ2) is 7.20. The van der Waals surface area contributed by atoms with Crippen molar-refractivity contribution in [2.45, 2.75) is 26.2 Å². The van der Waals surface area contributed by atoms with Crippen LogP contribution in [-0.4, -0.2) is 15.2 Å². The van der Waals surface area contributed by atoms with Crippen LogP contribution in [0.1, 0.15) is 36.5 Å². The summed E-state index contributed by atoms with van der Waals surface area (Å²) in [4.78, 5) is 4.21. The molecule has 0 saturated heterocycles. The first-order valence-electron chi connectivity index (χ1n) is 9.23. The summed E-state index contributed by atoms with van der Waals surface area (Å²) >= 11 is 0. The molecule has 0 fully saturated rings. The Morgan fingerprint density at radius 1 is 1.25 bits per heavy atom. The van der Waals surface area contributed by atoms with Crippen LogP contribution in [0, 0.1) is 17.2 Å². The summed E-state index contributed by atoms with van der Waals surface area (Å²) in [5.41, 5.74) is 11.1. The van der Waals surface area contributed by atoms with Crippen LogP contribution in [0.3, 0.4) is 0 Å². The predicted molar refractivity (Wildman–Crippen MR) is 106 cm³/mol. The molecule has 3 aromatic rings. The number of nitrogens with two attached hydrogens (primary N) is 1. The van der Waals surface area contributed by atoms with Gasteiger partial charge in [-0.15, -0.1) is 5.10 Å². The normalized spacial score (nSPS) is 15.9. The summed E-state index contributed by atoms with van der Waals surface area (Å²) in [6, 6.07) is 14.4. The molecule has 6 heteroatoms. The van der Waals surface area contributed by atoms with Gasteiger partial charge in [0.15, 0.2) is 0 Å². The second-order valence-corrected chi connectivity index (χ2v) is 7.32. The Morgan fingerprint density at radius 3 is 2.68 bits per heavy atom. The average Bonchev–Trinajstić information content (AvgIpc) is 3.11. The van der Waals surface area contributed by atoms with Crippen molar-refractivity contribution in [2.24, 2.45) is 11.7 Å². The molecule has 1 aliphatic rings. The van der Waals surface area contributed by atoms with Crippen LogP contribution in [-0.2, 0) is 6.42 Å². The van der Waals surface area contributed by atoms with Gasteiger partial charge in [-0.3, -0.25) is 10.1 Å². The number of hydrogen-bond donors (Lipinski definition) is 2. The van der Waals surface area contributed by atoms with E-state index in [1.807, 2.05) is 12.1 Å². The fourth-order valence-electron chi connectivity index (χ4n) is 3.62. The van der Waals surface area contributed by atoms with Crippen molar-refractivity contribution in [2.75, 3.05) is 0 Å². The van der Waals surface area contributed by atoms with E-state index in [2.05, 4.69) is 59.4 Å². The first kappa shape index (κ1) is 17.8. The van der Waals surface area contributed by atoms with E-state index in [9.17, 15) is 5.26 Å². The highest BCUT2D eigenvalue weighted by Gasteiger charge is 2.35. The van der Waals surface area contributed by atoms with Crippen molar-refractivity contribution < 1.29 is 4.74 Å². The molecule has 1 atom stereocenters. The van der Waals surface area contributed by atoms with Gasteiger partial charge in [-0.1, -0.05) is 44.2 Å². The number of nitriles is 1. The molecule has 0 radical (unpaired) electrons. The van der Waals surface area contributed by atoms with Gasteiger partial charge in [-0.05, 0) is 29.5 Å². The molecule has 0 amide bonds. The van der Waals surface area contributed by atoms with Crippen LogP contribution in [0.5, 0.6) is 5.88 Å². The molecular weight excluding hydrogens is 350 g/mol. The molecule has 1 unspecified atom stereocenters. The molecule has 28 heavy (non-hydrogen) atoms. The van der Waals surface area contributed by atoms with Crippen molar-refractivity contribution in [3.63, 3.8) is 0 Å². The maximum atomic E-state index is 9.72. The Bertz CT molecular complexity index is 1060. The fraction of sp³-hybridized carbons (Fsp3) is 0.227. The highest BCUT2D eigenvalue weighted by atomic mass is 16.5. The van der Waals surface area contributed by atoms with E-state index in [4.69, 9.17) is 10.5 Å². The number of allylic oxidation sites excluding steroid dienone is 1. The summed E-state index contributed by atoms with van der Waals surface area (Å²) in [5.74, 6) is 0.688. The van der Waals surface area contributed by atoms with Gasteiger partial charge in [0.05, 0.1) is 17.2 Å². The first-order valence-corrected chi connectivity index (χ1v) is 9.23. The zero-order valence-corrected chi connectivity index (χ0v) is 15.8. The Labute approximate surface area is 163 Å². The molecule has 140 valence electrons. The number of nitrogens with zero attached hydrogens (tertiary/aromatic N) is 3. The minimum absolute atomic E-state index is 0.0779. The van der Waals surface area contributed by atoms with Crippen molar-refractivity contribution in [3.8, 4) is 23.2 Å². The van der Waals surface area contributed by atoms with Gasteiger partial charge in [0.2, 0.25) is 11.8 Å². The van der Waals surface area contributed by atoms with E-state index < -0.39 is 0 Å². The van der Waals surface area contributed by atoms with E-state index in [0.29, 0.717) is 17.4 Å². The molecule has 6 nitrogen and oxygen atoms in total. The van der Waals surface area contributed by atoms with Gasteiger partial charge in [0.25, 0.3) is 0 Å². The van der Waals surface area contributed by atoms with E-state index >= 15 is 0 Å². The maximum Gasteiger partial charge on any atom is 0.244 e. The largest absolute Gasteiger partial charge is 0.420 e. The van der Waals surface area contributed by atoms with Crippen LogP contribution in [0.25, 0.3) is 11.3 Å². The molecule has 3 N–H and O–H groups in total. The SMILES string of the molecule is CC(C)Cc1ccc(-c2[nH]nc3c2C(c2cccnc2)C(C#N)=C(N)O3)cc1. The average molecular weight is 371 g/mol. The third-order valence-electron chi connectivity index (χ3n) is 4.84. The Balaban J connectivity index is 1.82. The smallest absolute Gasteiger partial charge is 0.244 e. The number of pyridine rings is 1. The van der Waals surface area contributed by atoms with Gasteiger partial charge >= 0.3 is 0 Å². The molecule has 2 aromatic heterocycles. The third kappa shape index (κ3) is 3.12.